The van der Waals surface area contributed by atoms with Crippen molar-refractivity contribution in [3.8, 4) is 11.5 Å². The Morgan fingerprint density at radius 3 is 2.74 bits per heavy atom. The van der Waals surface area contributed by atoms with Gasteiger partial charge in [-0.25, -0.2) is 8.78 Å². The maximum absolute atomic E-state index is 13.4. The van der Waals surface area contributed by atoms with Gasteiger partial charge in [-0.15, -0.1) is 0 Å². The summed E-state index contributed by atoms with van der Waals surface area (Å²) in [6.45, 7) is 0.638. The lowest BCUT2D eigenvalue weighted by atomic mass is 10.2. The van der Waals surface area contributed by atoms with Gasteiger partial charge in [-0.3, -0.25) is 4.79 Å². The minimum absolute atomic E-state index is 0.00867. The molecule has 0 saturated heterocycles. The van der Waals surface area contributed by atoms with E-state index < -0.39 is 17.5 Å². The zero-order valence-electron chi connectivity index (χ0n) is 12.1. The van der Waals surface area contributed by atoms with Crippen LogP contribution in [0.1, 0.15) is 5.56 Å². The van der Waals surface area contributed by atoms with Crippen molar-refractivity contribution in [1.29, 1.82) is 0 Å². The molecular weight excluding hydrogens is 306 g/mol. The van der Waals surface area contributed by atoms with Crippen LogP contribution in [0.15, 0.2) is 36.4 Å². The number of hydrogen-bond acceptors (Lipinski definition) is 4. The van der Waals surface area contributed by atoms with Crippen LogP contribution in [0.4, 0.5) is 14.5 Å². The number of carbonyl (C=O) groups is 1. The van der Waals surface area contributed by atoms with E-state index in [0.717, 1.165) is 17.7 Å². The molecule has 2 aromatic carbocycles. The molecule has 7 heteroatoms. The molecule has 23 heavy (non-hydrogen) atoms. The van der Waals surface area contributed by atoms with Crippen LogP contribution in [0.25, 0.3) is 0 Å². The van der Waals surface area contributed by atoms with Gasteiger partial charge in [0.2, 0.25) is 12.7 Å². The number of carbonyl (C=O) groups excluding carboxylic acids is 1. The molecule has 0 aromatic heterocycles. The molecule has 1 aliphatic rings. The Bertz CT molecular complexity index is 737. The SMILES string of the molecule is O=C(CNCc1ccc2c(c1)OCO2)Nc1ccc(F)cc1F. The molecule has 1 aliphatic heterocycles. The summed E-state index contributed by atoms with van der Waals surface area (Å²) in [5.41, 5.74) is 0.872. The smallest absolute Gasteiger partial charge is 0.238 e. The first kappa shape index (κ1) is 15.2. The van der Waals surface area contributed by atoms with Crippen LogP contribution in [-0.2, 0) is 11.3 Å². The van der Waals surface area contributed by atoms with Crippen LogP contribution in [0.5, 0.6) is 11.5 Å². The summed E-state index contributed by atoms with van der Waals surface area (Å²) >= 11 is 0. The van der Waals surface area contributed by atoms with Gasteiger partial charge in [-0.2, -0.15) is 0 Å². The Morgan fingerprint density at radius 2 is 1.91 bits per heavy atom. The average Bonchev–Trinajstić information content (AvgIpc) is 2.98. The van der Waals surface area contributed by atoms with Crippen molar-refractivity contribution in [3.63, 3.8) is 0 Å². The predicted molar refractivity (Wildman–Crippen MR) is 79.3 cm³/mol. The monoisotopic (exact) mass is 320 g/mol. The Hall–Kier alpha value is -2.67. The maximum atomic E-state index is 13.4. The molecule has 0 saturated carbocycles. The topological polar surface area (TPSA) is 59.6 Å². The summed E-state index contributed by atoms with van der Waals surface area (Å²) in [7, 11) is 0. The zero-order valence-corrected chi connectivity index (χ0v) is 12.1. The minimum atomic E-state index is -0.811. The van der Waals surface area contributed by atoms with Crippen LogP contribution in [0.2, 0.25) is 0 Å². The van der Waals surface area contributed by atoms with E-state index in [1.54, 1.807) is 6.07 Å². The number of fused-ring (bicyclic) bond motifs is 1. The lowest BCUT2D eigenvalue weighted by Gasteiger charge is -2.08. The molecule has 0 aliphatic carbocycles. The molecule has 120 valence electrons. The van der Waals surface area contributed by atoms with Crippen LogP contribution < -0.4 is 20.1 Å². The van der Waals surface area contributed by atoms with Gasteiger partial charge < -0.3 is 20.1 Å². The number of ether oxygens (including phenoxy) is 2. The summed E-state index contributed by atoms with van der Waals surface area (Å²) in [5.74, 6) is -0.563. The van der Waals surface area contributed by atoms with Gasteiger partial charge >= 0.3 is 0 Å². The molecule has 0 fully saturated rings. The fourth-order valence-electron chi connectivity index (χ4n) is 2.16. The molecule has 1 heterocycles. The second-order valence-corrected chi connectivity index (χ2v) is 4.96. The molecule has 0 bridgehead atoms. The van der Waals surface area contributed by atoms with Crippen molar-refractivity contribution in [3.05, 3.63) is 53.6 Å². The molecule has 5 nitrogen and oxygen atoms in total. The minimum Gasteiger partial charge on any atom is -0.454 e. The summed E-state index contributed by atoms with van der Waals surface area (Å²) in [6, 6.07) is 8.47. The van der Waals surface area contributed by atoms with Gasteiger partial charge in [0, 0.05) is 12.6 Å². The molecule has 0 radical (unpaired) electrons. The summed E-state index contributed by atoms with van der Waals surface area (Å²) in [4.78, 5) is 11.7. The standard InChI is InChI=1S/C16H14F2N2O3/c17-11-2-3-13(12(18)6-11)20-16(21)8-19-7-10-1-4-14-15(5-10)23-9-22-14/h1-6,19H,7-9H2,(H,20,21). The molecule has 0 unspecified atom stereocenters. The highest BCUT2D eigenvalue weighted by molar-refractivity contribution is 5.92. The number of halogens is 2. The van der Waals surface area contributed by atoms with E-state index in [4.69, 9.17) is 9.47 Å². The average molecular weight is 320 g/mol. The first-order valence-corrected chi connectivity index (χ1v) is 6.96. The number of nitrogens with one attached hydrogen (secondary N) is 2. The number of anilines is 1. The van der Waals surface area contributed by atoms with Crippen molar-refractivity contribution in [1.82, 2.24) is 5.32 Å². The second kappa shape index (κ2) is 6.62. The number of rotatable bonds is 5. The van der Waals surface area contributed by atoms with Crippen molar-refractivity contribution < 1.29 is 23.0 Å². The first-order valence-electron chi connectivity index (χ1n) is 6.96. The van der Waals surface area contributed by atoms with Gasteiger partial charge in [0.1, 0.15) is 11.6 Å². The molecule has 3 rings (SSSR count). The first-order chi connectivity index (χ1) is 11.1. The van der Waals surface area contributed by atoms with E-state index in [-0.39, 0.29) is 19.0 Å². The molecular formula is C16H14F2N2O3. The molecule has 1 amide bonds. The van der Waals surface area contributed by atoms with Gasteiger partial charge in [0.25, 0.3) is 0 Å². The van der Waals surface area contributed by atoms with E-state index in [9.17, 15) is 13.6 Å². The molecule has 2 N–H and O–H groups in total. The largest absolute Gasteiger partial charge is 0.454 e. The number of amides is 1. The molecule has 0 spiro atoms. The van der Waals surface area contributed by atoms with E-state index in [2.05, 4.69) is 10.6 Å². The molecule has 0 atom stereocenters. The summed E-state index contributed by atoms with van der Waals surface area (Å²) in [6.07, 6.45) is 0. The third-order valence-corrected chi connectivity index (χ3v) is 3.26. The van der Waals surface area contributed by atoms with Crippen LogP contribution in [0, 0.1) is 11.6 Å². The van der Waals surface area contributed by atoms with E-state index in [1.807, 2.05) is 12.1 Å². The predicted octanol–water partition coefficient (Wildman–Crippen LogP) is 2.42. The Balaban J connectivity index is 1.49. The van der Waals surface area contributed by atoms with Gasteiger partial charge in [0.15, 0.2) is 11.5 Å². The second-order valence-electron chi connectivity index (χ2n) is 4.96. The third-order valence-electron chi connectivity index (χ3n) is 3.26. The Labute approximate surface area is 131 Å². The number of hydrogen-bond donors (Lipinski definition) is 2. The van der Waals surface area contributed by atoms with Gasteiger partial charge in [0.05, 0.1) is 12.2 Å². The van der Waals surface area contributed by atoms with Gasteiger partial charge in [-0.05, 0) is 29.8 Å². The lowest BCUT2D eigenvalue weighted by Crippen LogP contribution is -2.28. The highest BCUT2D eigenvalue weighted by Gasteiger charge is 2.13. The third kappa shape index (κ3) is 3.75. The fourth-order valence-corrected chi connectivity index (χ4v) is 2.16. The van der Waals surface area contributed by atoms with Crippen molar-refractivity contribution in [2.75, 3.05) is 18.7 Å². The normalized spacial score (nSPS) is 12.3. The number of benzene rings is 2. The maximum Gasteiger partial charge on any atom is 0.238 e. The van der Waals surface area contributed by atoms with E-state index in [0.29, 0.717) is 18.0 Å². The molecule has 2 aromatic rings. The fraction of sp³-hybridized carbons (Fsp3) is 0.188. The van der Waals surface area contributed by atoms with E-state index >= 15 is 0 Å². The van der Waals surface area contributed by atoms with Crippen LogP contribution in [-0.4, -0.2) is 19.2 Å². The highest BCUT2D eigenvalue weighted by Crippen LogP contribution is 2.32. The Morgan fingerprint density at radius 1 is 1.09 bits per heavy atom. The van der Waals surface area contributed by atoms with Gasteiger partial charge in [-0.1, -0.05) is 6.07 Å². The highest BCUT2D eigenvalue weighted by atomic mass is 19.1. The summed E-state index contributed by atoms with van der Waals surface area (Å²) < 4.78 is 36.7. The van der Waals surface area contributed by atoms with Crippen molar-refractivity contribution in [2.24, 2.45) is 0 Å². The lowest BCUT2D eigenvalue weighted by molar-refractivity contribution is -0.115. The summed E-state index contributed by atoms with van der Waals surface area (Å²) in [5, 5.41) is 5.32. The Kier molecular flexibility index (Phi) is 4.38. The quantitative estimate of drug-likeness (QED) is 0.888. The zero-order chi connectivity index (χ0) is 16.2. The van der Waals surface area contributed by atoms with Crippen molar-refractivity contribution >= 4 is 11.6 Å². The van der Waals surface area contributed by atoms with Crippen LogP contribution in [0.3, 0.4) is 0 Å². The van der Waals surface area contributed by atoms with Crippen molar-refractivity contribution in [2.45, 2.75) is 6.54 Å². The van der Waals surface area contributed by atoms with Crippen LogP contribution >= 0.6 is 0 Å². The van der Waals surface area contributed by atoms with E-state index in [1.165, 1.54) is 6.07 Å².